The molecule has 0 aliphatic carbocycles. The van der Waals surface area contributed by atoms with E-state index in [1.165, 1.54) is 0 Å². The van der Waals surface area contributed by atoms with Gasteiger partial charge in [0.2, 0.25) is 0 Å². The van der Waals surface area contributed by atoms with E-state index in [2.05, 4.69) is 11.8 Å². The molecule has 2 aromatic carbocycles. The third kappa shape index (κ3) is 5.90. The normalized spacial score (nSPS) is 25.1. The van der Waals surface area contributed by atoms with Gasteiger partial charge in [-0.05, 0) is 41.3 Å². The first-order valence-electron chi connectivity index (χ1n) is 11.1. The third-order valence-electron chi connectivity index (χ3n) is 6.13. The first kappa shape index (κ1) is 23.3. The first-order valence-corrected chi connectivity index (χ1v) is 11.5. The number of hydrogen-bond acceptors (Lipinski definition) is 5. The second-order valence-electron chi connectivity index (χ2n) is 8.67. The van der Waals surface area contributed by atoms with E-state index >= 15 is 0 Å². The number of aliphatic hydroxyl groups excluding tert-OH is 2. The van der Waals surface area contributed by atoms with Crippen molar-refractivity contribution in [3.8, 4) is 11.8 Å². The monoisotopic (exact) mass is 456 g/mol. The highest BCUT2D eigenvalue weighted by Crippen LogP contribution is 2.33. The molecule has 0 bridgehead atoms. The minimum Gasteiger partial charge on any atom is -0.394 e. The molecule has 2 aliphatic rings. The summed E-state index contributed by atoms with van der Waals surface area (Å²) in [6, 6.07) is 13.7. The number of hydrogen-bond donors (Lipinski definition) is 3. The Labute approximate surface area is 193 Å². The van der Waals surface area contributed by atoms with Gasteiger partial charge in [0.15, 0.2) is 0 Å². The van der Waals surface area contributed by atoms with Gasteiger partial charge < -0.3 is 24.8 Å². The Morgan fingerprint density at radius 2 is 1.81 bits per heavy atom. The van der Waals surface area contributed by atoms with Gasteiger partial charge in [0.1, 0.15) is 5.60 Å². The van der Waals surface area contributed by atoms with Crippen molar-refractivity contribution >= 4 is 11.6 Å². The minimum absolute atomic E-state index is 0.103. The van der Waals surface area contributed by atoms with Crippen LogP contribution in [0.1, 0.15) is 54.0 Å². The molecule has 3 N–H and O–H groups in total. The zero-order valence-corrected chi connectivity index (χ0v) is 18.7. The Balaban J connectivity index is 1.45. The SMILES string of the molecule is OC[C@@H]1CC(O)C[C@H](c2ccc(Cl)c(Cc3ccc(C#CC4(O)CCOCC4)cc3)c2)O1. The molecular formula is C26H29ClO5. The molecule has 0 saturated carbocycles. The van der Waals surface area contributed by atoms with Crippen LogP contribution in [0.4, 0.5) is 0 Å². The topological polar surface area (TPSA) is 79.2 Å². The van der Waals surface area contributed by atoms with E-state index in [-0.39, 0.29) is 18.8 Å². The van der Waals surface area contributed by atoms with Crippen LogP contribution >= 0.6 is 11.6 Å². The van der Waals surface area contributed by atoms with Crippen molar-refractivity contribution in [1.82, 2.24) is 0 Å². The largest absolute Gasteiger partial charge is 0.394 e. The van der Waals surface area contributed by atoms with Crippen molar-refractivity contribution in [2.75, 3.05) is 19.8 Å². The van der Waals surface area contributed by atoms with Crippen LogP contribution in [0, 0.1) is 11.8 Å². The van der Waals surface area contributed by atoms with Crippen molar-refractivity contribution < 1.29 is 24.8 Å². The Morgan fingerprint density at radius 1 is 1.06 bits per heavy atom. The number of halogens is 1. The maximum atomic E-state index is 10.5. The van der Waals surface area contributed by atoms with Crippen LogP contribution in [0.2, 0.25) is 5.02 Å². The number of aliphatic hydroxyl groups is 3. The van der Waals surface area contributed by atoms with Crippen molar-refractivity contribution in [1.29, 1.82) is 0 Å². The fraction of sp³-hybridized carbons (Fsp3) is 0.462. The van der Waals surface area contributed by atoms with Crippen LogP contribution in [0.15, 0.2) is 42.5 Å². The predicted octanol–water partition coefficient (Wildman–Crippen LogP) is 3.40. The molecule has 32 heavy (non-hydrogen) atoms. The quantitative estimate of drug-likeness (QED) is 0.614. The van der Waals surface area contributed by atoms with Crippen molar-refractivity contribution in [3.63, 3.8) is 0 Å². The molecule has 1 unspecified atom stereocenters. The van der Waals surface area contributed by atoms with E-state index in [4.69, 9.17) is 21.1 Å². The summed E-state index contributed by atoms with van der Waals surface area (Å²) in [5.74, 6) is 6.08. The second-order valence-corrected chi connectivity index (χ2v) is 9.08. The van der Waals surface area contributed by atoms with Crippen LogP contribution in [0.3, 0.4) is 0 Å². The average Bonchev–Trinajstić information content (AvgIpc) is 2.80. The van der Waals surface area contributed by atoms with Crippen LogP contribution in [0.5, 0.6) is 0 Å². The summed E-state index contributed by atoms with van der Waals surface area (Å²) >= 11 is 6.46. The van der Waals surface area contributed by atoms with Gasteiger partial charge in [-0.25, -0.2) is 0 Å². The molecule has 6 heteroatoms. The van der Waals surface area contributed by atoms with E-state index in [1.807, 2.05) is 42.5 Å². The molecule has 2 heterocycles. The first-order chi connectivity index (χ1) is 15.4. The highest BCUT2D eigenvalue weighted by molar-refractivity contribution is 6.31. The minimum atomic E-state index is -0.964. The molecule has 2 saturated heterocycles. The van der Waals surface area contributed by atoms with Gasteiger partial charge in [-0.15, -0.1) is 0 Å². The van der Waals surface area contributed by atoms with E-state index in [1.54, 1.807) is 0 Å². The summed E-state index contributed by atoms with van der Waals surface area (Å²) < 4.78 is 11.2. The van der Waals surface area contributed by atoms with Gasteiger partial charge in [-0.1, -0.05) is 47.7 Å². The Morgan fingerprint density at radius 3 is 2.53 bits per heavy atom. The van der Waals surface area contributed by atoms with Gasteiger partial charge in [0, 0.05) is 36.3 Å². The highest BCUT2D eigenvalue weighted by Gasteiger charge is 2.29. The average molecular weight is 457 g/mol. The molecule has 170 valence electrons. The Bertz CT molecular complexity index is 972. The predicted molar refractivity (Wildman–Crippen MR) is 123 cm³/mol. The van der Waals surface area contributed by atoms with Gasteiger partial charge in [0.25, 0.3) is 0 Å². The zero-order chi connectivity index (χ0) is 22.6. The maximum absolute atomic E-state index is 10.5. The third-order valence-corrected chi connectivity index (χ3v) is 6.50. The van der Waals surface area contributed by atoms with Crippen molar-refractivity contribution in [3.05, 3.63) is 69.7 Å². The number of rotatable bonds is 4. The second kappa shape index (κ2) is 10.4. The number of ether oxygens (including phenoxy) is 2. The molecule has 5 nitrogen and oxygen atoms in total. The molecule has 3 atom stereocenters. The van der Waals surface area contributed by atoms with Crippen LogP contribution < -0.4 is 0 Å². The molecule has 2 fully saturated rings. The lowest BCUT2D eigenvalue weighted by Crippen LogP contribution is -2.34. The molecule has 0 aromatic heterocycles. The Hall–Kier alpha value is -1.91. The molecule has 4 rings (SSSR count). The highest BCUT2D eigenvalue weighted by atomic mass is 35.5. The fourth-order valence-electron chi connectivity index (χ4n) is 4.20. The van der Waals surface area contributed by atoms with Gasteiger partial charge in [-0.2, -0.15) is 0 Å². The van der Waals surface area contributed by atoms with Gasteiger partial charge >= 0.3 is 0 Å². The molecule has 0 radical (unpaired) electrons. The fourth-order valence-corrected chi connectivity index (χ4v) is 4.39. The van der Waals surface area contributed by atoms with Crippen molar-refractivity contribution in [2.24, 2.45) is 0 Å². The van der Waals surface area contributed by atoms with E-state index in [0.717, 1.165) is 22.3 Å². The van der Waals surface area contributed by atoms with Gasteiger partial charge in [-0.3, -0.25) is 0 Å². The number of benzene rings is 2. The lowest BCUT2D eigenvalue weighted by molar-refractivity contribution is -0.113. The van der Waals surface area contributed by atoms with E-state index < -0.39 is 11.7 Å². The molecule has 2 aliphatic heterocycles. The summed E-state index contributed by atoms with van der Waals surface area (Å²) in [5.41, 5.74) is 2.91. The van der Waals surface area contributed by atoms with Crippen LogP contribution in [-0.2, 0) is 15.9 Å². The summed E-state index contributed by atoms with van der Waals surface area (Å²) in [7, 11) is 0. The lowest BCUT2D eigenvalue weighted by Gasteiger charge is -2.32. The summed E-state index contributed by atoms with van der Waals surface area (Å²) in [6.07, 6.45) is 1.58. The molecule has 2 aromatic rings. The summed E-state index contributed by atoms with van der Waals surface area (Å²) in [6.45, 7) is 0.972. The lowest BCUT2D eigenvalue weighted by atomic mass is 9.93. The Kier molecular flexibility index (Phi) is 7.52. The standard InChI is InChI=1S/C26H29ClO5/c27-24-6-5-20(25-16-22(29)15-23(17-28)32-25)14-21(24)13-19-3-1-18(2-4-19)7-8-26(30)9-11-31-12-10-26/h1-6,14,22-23,25,28-30H,9-13,15-17H2/t22?,23-,25+/m0/s1. The summed E-state index contributed by atoms with van der Waals surface area (Å²) in [4.78, 5) is 0. The molecular weight excluding hydrogens is 428 g/mol. The van der Waals surface area contributed by atoms with Crippen molar-refractivity contribution in [2.45, 2.75) is 56.0 Å². The maximum Gasteiger partial charge on any atom is 0.130 e. The molecule has 0 amide bonds. The van der Waals surface area contributed by atoms with Crippen LogP contribution in [0.25, 0.3) is 0 Å². The van der Waals surface area contributed by atoms with E-state index in [9.17, 15) is 15.3 Å². The zero-order valence-electron chi connectivity index (χ0n) is 18.0. The van der Waals surface area contributed by atoms with E-state index in [0.29, 0.717) is 50.3 Å². The summed E-state index contributed by atoms with van der Waals surface area (Å²) in [5, 5.41) is 30.7. The molecule has 0 spiro atoms. The smallest absolute Gasteiger partial charge is 0.130 e. The van der Waals surface area contributed by atoms with Gasteiger partial charge in [0.05, 0.1) is 38.1 Å². The van der Waals surface area contributed by atoms with Crippen LogP contribution in [-0.4, -0.2) is 52.9 Å².